The van der Waals surface area contributed by atoms with Crippen LogP contribution in [0.4, 0.5) is 5.69 Å². The molecule has 0 spiro atoms. The van der Waals surface area contributed by atoms with Crippen LogP contribution in [-0.4, -0.2) is 11.0 Å². The third kappa shape index (κ3) is 3.37. The molecule has 21 heavy (non-hydrogen) atoms. The molecule has 1 aromatic heterocycles. The Labute approximate surface area is 128 Å². The highest BCUT2D eigenvalue weighted by atomic mass is 14.9. The first-order valence-electron chi connectivity index (χ1n) is 7.94. The number of fused-ring (bicyclic) bond motifs is 1. The first-order valence-corrected chi connectivity index (χ1v) is 7.94. The van der Waals surface area contributed by atoms with Crippen LogP contribution in [0.25, 0.3) is 10.9 Å². The van der Waals surface area contributed by atoms with E-state index >= 15 is 0 Å². The van der Waals surface area contributed by atoms with Crippen LogP contribution in [-0.2, 0) is 0 Å². The summed E-state index contributed by atoms with van der Waals surface area (Å²) in [6, 6.07) is 11.0. The van der Waals surface area contributed by atoms with Crippen molar-refractivity contribution < 1.29 is 0 Å². The van der Waals surface area contributed by atoms with E-state index in [9.17, 15) is 0 Å². The summed E-state index contributed by atoms with van der Waals surface area (Å²) in [5.41, 5.74) is 3.02. The molecule has 1 N–H and O–H groups in total. The second-order valence-electron chi connectivity index (χ2n) is 8.17. The number of para-hydroxylation sites is 1. The largest absolute Gasteiger partial charge is 0.381 e. The molecule has 0 aliphatic heterocycles. The smallest absolute Gasteiger partial charge is 0.0703 e. The summed E-state index contributed by atoms with van der Waals surface area (Å²) in [6.07, 6.45) is 5.72. The molecule has 2 aromatic rings. The Bertz CT molecular complexity index is 627. The van der Waals surface area contributed by atoms with Gasteiger partial charge in [-0.2, -0.15) is 0 Å². The number of nitrogens with zero attached hydrogens (tertiary/aromatic N) is 1. The predicted octanol–water partition coefficient (Wildman–Crippen LogP) is 5.25. The lowest BCUT2D eigenvalue weighted by atomic mass is 9.63. The highest BCUT2D eigenvalue weighted by Crippen LogP contribution is 2.46. The Balaban J connectivity index is 1.81. The summed E-state index contributed by atoms with van der Waals surface area (Å²) in [7, 11) is 0. The van der Waals surface area contributed by atoms with Gasteiger partial charge in [-0.25, -0.2) is 0 Å². The molecule has 0 bridgehead atoms. The fraction of sp³-hybridized carbons (Fsp3) is 0.526. The fourth-order valence-corrected chi connectivity index (χ4v) is 4.33. The number of rotatable bonds is 2. The van der Waals surface area contributed by atoms with Gasteiger partial charge in [-0.05, 0) is 42.2 Å². The summed E-state index contributed by atoms with van der Waals surface area (Å²) in [5.74, 6) is 0. The maximum absolute atomic E-state index is 4.56. The normalized spacial score (nSPS) is 21.3. The first-order chi connectivity index (χ1) is 9.83. The molecule has 1 aliphatic rings. The van der Waals surface area contributed by atoms with E-state index in [1.54, 1.807) is 0 Å². The third-order valence-electron chi connectivity index (χ3n) is 4.52. The monoisotopic (exact) mass is 282 g/mol. The van der Waals surface area contributed by atoms with Crippen LogP contribution in [0.2, 0.25) is 0 Å². The molecule has 3 rings (SSSR count). The SMILES string of the molecule is CC1(C)CC(Nc2cnc3ccccc3c2)CC(C)(C)C1. The molecular weight excluding hydrogens is 256 g/mol. The van der Waals surface area contributed by atoms with Gasteiger partial charge in [0, 0.05) is 11.4 Å². The van der Waals surface area contributed by atoms with Crippen LogP contribution < -0.4 is 5.32 Å². The molecule has 1 aromatic carbocycles. The van der Waals surface area contributed by atoms with Crippen LogP contribution in [0.15, 0.2) is 36.5 Å². The van der Waals surface area contributed by atoms with E-state index in [1.165, 1.54) is 24.6 Å². The average Bonchev–Trinajstić information content (AvgIpc) is 2.34. The molecule has 2 heteroatoms. The van der Waals surface area contributed by atoms with Gasteiger partial charge in [-0.3, -0.25) is 4.98 Å². The third-order valence-corrected chi connectivity index (χ3v) is 4.52. The minimum atomic E-state index is 0.406. The van der Waals surface area contributed by atoms with Crippen molar-refractivity contribution in [1.29, 1.82) is 0 Å². The van der Waals surface area contributed by atoms with Gasteiger partial charge in [0.15, 0.2) is 0 Å². The Hall–Kier alpha value is -1.57. The predicted molar refractivity (Wildman–Crippen MR) is 90.6 cm³/mol. The van der Waals surface area contributed by atoms with E-state index in [4.69, 9.17) is 0 Å². The molecule has 0 saturated heterocycles. The topological polar surface area (TPSA) is 24.9 Å². The van der Waals surface area contributed by atoms with E-state index < -0.39 is 0 Å². The van der Waals surface area contributed by atoms with Crippen molar-refractivity contribution in [2.75, 3.05) is 5.32 Å². The van der Waals surface area contributed by atoms with Gasteiger partial charge in [0.1, 0.15) is 0 Å². The van der Waals surface area contributed by atoms with Crippen LogP contribution in [0.5, 0.6) is 0 Å². The summed E-state index contributed by atoms with van der Waals surface area (Å²) < 4.78 is 0. The summed E-state index contributed by atoms with van der Waals surface area (Å²) in [6.45, 7) is 9.56. The second kappa shape index (κ2) is 5.01. The van der Waals surface area contributed by atoms with Crippen LogP contribution >= 0.6 is 0 Å². The lowest BCUT2D eigenvalue weighted by Gasteiger charge is -2.45. The van der Waals surface area contributed by atoms with Crippen molar-refractivity contribution in [2.24, 2.45) is 10.8 Å². The Morgan fingerprint density at radius 3 is 2.43 bits per heavy atom. The Morgan fingerprint density at radius 1 is 1.05 bits per heavy atom. The minimum Gasteiger partial charge on any atom is -0.381 e. The standard InChI is InChI=1S/C19H26N2/c1-18(2)10-16(11-19(3,4)13-18)21-15-9-14-7-5-6-8-17(14)20-12-15/h5-9,12,16,21H,10-11,13H2,1-4H3. The lowest BCUT2D eigenvalue weighted by Crippen LogP contribution is -2.40. The van der Waals surface area contributed by atoms with Crippen molar-refractivity contribution in [2.45, 2.75) is 53.0 Å². The van der Waals surface area contributed by atoms with Gasteiger partial charge in [0.25, 0.3) is 0 Å². The average molecular weight is 282 g/mol. The molecule has 1 fully saturated rings. The van der Waals surface area contributed by atoms with Gasteiger partial charge >= 0.3 is 0 Å². The number of aromatic nitrogens is 1. The maximum Gasteiger partial charge on any atom is 0.0703 e. The second-order valence-corrected chi connectivity index (χ2v) is 8.17. The molecule has 0 unspecified atom stereocenters. The zero-order valence-corrected chi connectivity index (χ0v) is 13.6. The summed E-state index contributed by atoms with van der Waals surface area (Å²) >= 11 is 0. The molecular formula is C19H26N2. The van der Waals surface area contributed by atoms with Crippen LogP contribution in [0, 0.1) is 10.8 Å². The highest BCUT2D eigenvalue weighted by molar-refractivity contribution is 5.81. The Kier molecular flexibility index (Phi) is 3.43. The quantitative estimate of drug-likeness (QED) is 0.813. The van der Waals surface area contributed by atoms with E-state index in [2.05, 4.69) is 62.3 Å². The molecule has 1 aliphatic carbocycles. The lowest BCUT2D eigenvalue weighted by molar-refractivity contribution is 0.105. The Morgan fingerprint density at radius 2 is 1.71 bits per heavy atom. The van der Waals surface area contributed by atoms with Crippen molar-refractivity contribution in [3.8, 4) is 0 Å². The molecule has 0 amide bonds. The van der Waals surface area contributed by atoms with Crippen molar-refractivity contribution >= 4 is 16.6 Å². The zero-order valence-electron chi connectivity index (χ0n) is 13.6. The number of hydrogen-bond donors (Lipinski definition) is 1. The van der Waals surface area contributed by atoms with Gasteiger partial charge < -0.3 is 5.32 Å². The van der Waals surface area contributed by atoms with Crippen molar-refractivity contribution in [1.82, 2.24) is 4.98 Å². The molecule has 0 atom stereocenters. The number of benzene rings is 1. The first kappa shape index (κ1) is 14.4. The minimum absolute atomic E-state index is 0.406. The summed E-state index contributed by atoms with van der Waals surface area (Å²) in [4.78, 5) is 4.56. The van der Waals surface area contributed by atoms with E-state index in [1.807, 2.05) is 12.3 Å². The maximum atomic E-state index is 4.56. The number of pyridine rings is 1. The number of hydrogen-bond acceptors (Lipinski definition) is 2. The van der Waals surface area contributed by atoms with Gasteiger partial charge in [0.2, 0.25) is 0 Å². The van der Waals surface area contributed by atoms with Gasteiger partial charge in [-0.15, -0.1) is 0 Å². The van der Waals surface area contributed by atoms with Gasteiger partial charge in [-0.1, -0.05) is 45.9 Å². The summed E-state index contributed by atoms with van der Waals surface area (Å²) in [5, 5.41) is 4.93. The highest BCUT2D eigenvalue weighted by Gasteiger charge is 2.38. The zero-order chi connectivity index (χ0) is 15.1. The molecule has 1 saturated carbocycles. The van der Waals surface area contributed by atoms with Crippen LogP contribution in [0.1, 0.15) is 47.0 Å². The molecule has 0 radical (unpaired) electrons. The van der Waals surface area contributed by atoms with E-state index in [0.29, 0.717) is 16.9 Å². The number of anilines is 1. The van der Waals surface area contributed by atoms with Gasteiger partial charge in [0.05, 0.1) is 17.4 Å². The fourth-order valence-electron chi connectivity index (χ4n) is 4.33. The van der Waals surface area contributed by atoms with Crippen molar-refractivity contribution in [3.05, 3.63) is 36.5 Å². The molecule has 1 heterocycles. The number of nitrogens with one attached hydrogen (secondary N) is 1. The van der Waals surface area contributed by atoms with Crippen molar-refractivity contribution in [3.63, 3.8) is 0 Å². The molecule has 2 nitrogen and oxygen atoms in total. The molecule has 112 valence electrons. The van der Waals surface area contributed by atoms with Crippen LogP contribution in [0.3, 0.4) is 0 Å². The van der Waals surface area contributed by atoms with E-state index in [0.717, 1.165) is 11.2 Å². The van der Waals surface area contributed by atoms with E-state index in [-0.39, 0.29) is 0 Å².